The Balaban J connectivity index is 2.02. The number of ether oxygens (including phenoxy) is 1. The van der Waals surface area contributed by atoms with E-state index in [1.165, 1.54) is 12.1 Å². The maximum Gasteiger partial charge on any atom is 0.272 e. The Bertz CT molecular complexity index is 1180. The van der Waals surface area contributed by atoms with Gasteiger partial charge in [-0.05, 0) is 36.8 Å². The van der Waals surface area contributed by atoms with Crippen LogP contribution in [0, 0.1) is 10.1 Å². The smallest absolute Gasteiger partial charge is 0.272 e. The quantitative estimate of drug-likeness (QED) is 0.447. The molecule has 0 atom stereocenters. The number of anilines is 1. The first-order valence-corrected chi connectivity index (χ1v) is 10.4. The summed E-state index contributed by atoms with van der Waals surface area (Å²) >= 11 is 0. The van der Waals surface area contributed by atoms with E-state index in [9.17, 15) is 18.5 Å². The first kappa shape index (κ1) is 20.6. The maximum atomic E-state index is 11.7. The first-order chi connectivity index (χ1) is 13.6. The molecule has 0 saturated carbocycles. The lowest BCUT2D eigenvalue weighted by molar-refractivity contribution is -0.385. The minimum Gasteiger partial charge on any atom is -0.491 e. The van der Waals surface area contributed by atoms with Crippen LogP contribution >= 0.6 is 0 Å². The summed E-state index contributed by atoms with van der Waals surface area (Å²) in [5.41, 5.74) is 0.766. The maximum absolute atomic E-state index is 11.7. The molecule has 8 nitrogen and oxygen atoms in total. The lowest BCUT2D eigenvalue weighted by Gasteiger charge is -2.17. The number of rotatable bonds is 7. The SMILES string of the molecule is CC(C)Oc1ccc2ccccc2c1CNc1cc([N+](=O)[O-])cc(S(N)(=O)=O)c1. The highest BCUT2D eigenvalue weighted by Gasteiger charge is 2.17. The molecule has 9 heteroatoms. The van der Waals surface area contributed by atoms with Crippen LogP contribution in [0.3, 0.4) is 0 Å². The van der Waals surface area contributed by atoms with Crippen LogP contribution in [0.2, 0.25) is 0 Å². The van der Waals surface area contributed by atoms with Gasteiger partial charge >= 0.3 is 0 Å². The molecule has 152 valence electrons. The van der Waals surface area contributed by atoms with Gasteiger partial charge in [0.25, 0.3) is 5.69 Å². The van der Waals surface area contributed by atoms with Crippen LogP contribution in [0.4, 0.5) is 11.4 Å². The second-order valence-corrected chi connectivity index (χ2v) is 8.36. The number of non-ortho nitro benzene ring substituents is 1. The van der Waals surface area contributed by atoms with Gasteiger partial charge in [0, 0.05) is 29.9 Å². The molecule has 0 saturated heterocycles. The Labute approximate surface area is 168 Å². The van der Waals surface area contributed by atoms with Crippen molar-refractivity contribution in [3.63, 3.8) is 0 Å². The number of sulfonamides is 1. The Kier molecular flexibility index (Phi) is 5.71. The van der Waals surface area contributed by atoms with Crippen molar-refractivity contribution in [2.75, 3.05) is 5.32 Å². The fourth-order valence-electron chi connectivity index (χ4n) is 3.01. The summed E-state index contributed by atoms with van der Waals surface area (Å²) in [4.78, 5) is 10.2. The van der Waals surface area contributed by atoms with E-state index in [0.29, 0.717) is 5.75 Å². The molecule has 3 aromatic rings. The fraction of sp³-hybridized carbons (Fsp3) is 0.200. The standard InChI is InChI=1S/C20H21N3O5S/c1-13(2)28-20-8-7-14-5-3-4-6-18(14)19(20)12-22-15-9-16(23(24)25)11-17(10-15)29(21,26)27/h3-11,13,22H,12H2,1-2H3,(H2,21,26,27). The van der Waals surface area contributed by atoms with E-state index >= 15 is 0 Å². The summed E-state index contributed by atoms with van der Waals surface area (Å²) < 4.78 is 29.3. The molecule has 3 rings (SSSR count). The van der Waals surface area contributed by atoms with Gasteiger partial charge < -0.3 is 10.1 Å². The molecule has 29 heavy (non-hydrogen) atoms. The molecule has 0 aromatic heterocycles. The van der Waals surface area contributed by atoms with Crippen LogP contribution in [-0.2, 0) is 16.6 Å². The third-order valence-electron chi connectivity index (χ3n) is 4.26. The van der Waals surface area contributed by atoms with E-state index in [4.69, 9.17) is 9.88 Å². The molecule has 0 amide bonds. The van der Waals surface area contributed by atoms with Crippen molar-refractivity contribution in [1.29, 1.82) is 0 Å². The van der Waals surface area contributed by atoms with Crippen LogP contribution in [0.15, 0.2) is 59.5 Å². The summed E-state index contributed by atoms with van der Waals surface area (Å²) in [5.74, 6) is 0.684. The van der Waals surface area contributed by atoms with Gasteiger partial charge in [0.2, 0.25) is 10.0 Å². The predicted octanol–water partition coefficient (Wildman–Crippen LogP) is 3.79. The van der Waals surface area contributed by atoms with Gasteiger partial charge in [-0.1, -0.05) is 30.3 Å². The summed E-state index contributed by atoms with van der Waals surface area (Å²) in [6.45, 7) is 4.12. The van der Waals surface area contributed by atoms with Gasteiger partial charge in [0.15, 0.2) is 0 Å². The van der Waals surface area contributed by atoms with Crippen LogP contribution in [0.5, 0.6) is 5.75 Å². The Morgan fingerprint density at radius 3 is 2.52 bits per heavy atom. The number of benzene rings is 3. The average Bonchev–Trinajstić information content (AvgIpc) is 2.65. The normalized spacial score (nSPS) is 11.6. The van der Waals surface area contributed by atoms with Crippen molar-refractivity contribution in [2.24, 2.45) is 5.14 Å². The van der Waals surface area contributed by atoms with Crippen molar-refractivity contribution >= 4 is 32.2 Å². The van der Waals surface area contributed by atoms with Gasteiger partial charge in [0.1, 0.15) is 5.75 Å². The van der Waals surface area contributed by atoms with Gasteiger partial charge in [-0.2, -0.15) is 0 Å². The Morgan fingerprint density at radius 2 is 1.86 bits per heavy atom. The predicted molar refractivity (Wildman–Crippen MR) is 112 cm³/mol. The molecule has 0 radical (unpaired) electrons. The molecule has 0 aliphatic rings. The van der Waals surface area contributed by atoms with Crippen molar-refractivity contribution in [2.45, 2.75) is 31.4 Å². The highest BCUT2D eigenvalue weighted by molar-refractivity contribution is 7.89. The summed E-state index contributed by atoms with van der Waals surface area (Å²) in [5, 5.41) is 21.4. The van der Waals surface area contributed by atoms with Crippen LogP contribution in [-0.4, -0.2) is 19.4 Å². The zero-order valence-electron chi connectivity index (χ0n) is 16.0. The van der Waals surface area contributed by atoms with Crippen LogP contribution in [0.25, 0.3) is 10.8 Å². The third kappa shape index (κ3) is 4.82. The lowest BCUT2D eigenvalue weighted by atomic mass is 10.0. The topological polar surface area (TPSA) is 125 Å². The molecule has 0 heterocycles. The van der Waals surface area contributed by atoms with E-state index in [1.807, 2.05) is 50.2 Å². The molecule has 0 aliphatic carbocycles. The molecule has 0 fully saturated rings. The number of nitrogens with one attached hydrogen (secondary N) is 1. The van der Waals surface area contributed by atoms with E-state index in [-0.39, 0.29) is 28.9 Å². The van der Waals surface area contributed by atoms with Crippen LogP contribution in [0.1, 0.15) is 19.4 Å². The van der Waals surface area contributed by atoms with Gasteiger partial charge in [-0.25, -0.2) is 13.6 Å². The van der Waals surface area contributed by atoms with Crippen molar-refractivity contribution in [3.8, 4) is 5.75 Å². The molecule has 3 aromatic carbocycles. The lowest BCUT2D eigenvalue weighted by Crippen LogP contribution is -2.13. The molecule has 0 aliphatic heterocycles. The second-order valence-electron chi connectivity index (χ2n) is 6.80. The fourth-order valence-corrected chi connectivity index (χ4v) is 3.58. The highest BCUT2D eigenvalue weighted by atomic mass is 32.2. The number of primary sulfonamides is 1. The van der Waals surface area contributed by atoms with Crippen LogP contribution < -0.4 is 15.2 Å². The van der Waals surface area contributed by atoms with Gasteiger partial charge in [-0.3, -0.25) is 10.1 Å². The second kappa shape index (κ2) is 8.06. The number of hydrogen-bond donors (Lipinski definition) is 2. The minimum absolute atomic E-state index is 0.0401. The number of nitrogens with zero attached hydrogens (tertiary/aromatic N) is 1. The molecular formula is C20H21N3O5S. The summed E-state index contributed by atoms with van der Waals surface area (Å²) in [6.07, 6.45) is -0.0401. The Hall–Kier alpha value is -3.17. The minimum atomic E-state index is -4.09. The number of fused-ring (bicyclic) bond motifs is 1. The molecule has 0 unspecified atom stereocenters. The summed E-state index contributed by atoms with van der Waals surface area (Å²) in [7, 11) is -4.09. The van der Waals surface area contributed by atoms with Crippen molar-refractivity contribution in [3.05, 3.63) is 70.3 Å². The van der Waals surface area contributed by atoms with Crippen molar-refractivity contribution in [1.82, 2.24) is 0 Å². The number of hydrogen-bond acceptors (Lipinski definition) is 6. The molecule has 0 spiro atoms. The van der Waals surface area contributed by atoms with Gasteiger partial charge in [0.05, 0.1) is 15.9 Å². The van der Waals surface area contributed by atoms with Crippen molar-refractivity contribution < 1.29 is 18.1 Å². The van der Waals surface area contributed by atoms with E-state index in [0.717, 1.165) is 22.4 Å². The van der Waals surface area contributed by atoms with E-state index in [1.54, 1.807) is 0 Å². The molecule has 3 N–H and O–H groups in total. The first-order valence-electron chi connectivity index (χ1n) is 8.88. The zero-order chi connectivity index (χ0) is 21.2. The monoisotopic (exact) mass is 415 g/mol. The zero-order valence-corrected chi connectivity index (χ0v) is 16.8. The molecule has 0 bridgehead atoms. The third-order valence-corrected chi connectivity index (χ3v) is 5.15. The largest absolute Gasteiger partial charge is 0.491 e. The number of nitrogens with two attached hydrogens (primary N) is 1. The number of nitro groups is 1. The van der Waals surface area contributed by atoms with Gasteiger partial charge in [-0.15, -0.1) is 0 Å². The summed E-state index contributed by atoms with van der Waals surface area (Å²) in [6, 6.07) is 15.1. The average molecular weight is 415 g/mol. The van der Waals surface area contributed by atoms with E-state index < -0.39 is 14.9 Å². The number of nitro benzene ring substituents is 1. The molecular weight excluding hydrogens is 394 g/mol. The Morgan fingerprint density at radius 1 is 1.14 bits per heavy atom. The van der Waals surface area contributed by atoms with E-state index in [2.05, 4.69) is 5.32 Å². The highest BCUT2D eigenvalue weighted by Crippen LogP contribution is 2.31.